The molecule has 1 amide bonds. The first-order valence-electron chi connectivity index (χ1n) is 6.46. The van der Waals surface area contributed by atoms with Crippen molar-refractivity contribution < 1.29 is 18.3 Å². The number of carbonyl (C=O) groups is 1. The molecule has 1 aliphatic heterocycles. The minimum Gasteiger partial charge on any atom is -0.396 e. The molecule has 8 heteroatoms. The number of hydrogen-bond acceptors (Lipinski definition) is 4. The summed E-state index contributed by atoms with van der Waals surface area (Å²) in [4.78, 5) is 13.5. The molecule has 1 N–H and O–H groups in total. The van der Waals surface area contributed by atoms with E-state index in [9.17, 15) is 13.2 Å². The van der Waals surface area contributed by atoms with Crippen LogP contribution in [0.1, 0.15) is 19.3 Å². The van der Waals surface area contributed by atoms with Crippen LogP contribution in [-0.4, -0.2) is 79.8 Å². The van der Waals surface area contributed by atoms with Crippen molar-refractivity contribution in [3.05, 3.63) is 0 Å². The van der Waals surface area contributed by atoms with E-state index in [1.165, 1.54) is 22.7 Å². The Morgan fingerprint density at radius 1 is 1.16 bits per heavy atom. The lowest BCUT2D eigenvalue weighted by Crippen LogP contribution is -2.53. The molecular weight excluding hydrogens is 270 g/mol. The Balaban J connectivity index is 2.43. The lowest BCUT2D eigenvalue weighted by molar-refractivity contribution is -0.132. The fourth-order valence-corrected chi connectivity index (χ4v) is 3.03. The summed E-state index contributed by atoms with van der Waals surface area (Å²) in [5, 5.41) is 8.66. The zero-order chi connectivity index (χ0) is 14.5. The Kier molecular flexibility index (Phi) is 6.18. The van der Waals surface area contributed by atoms with Gasteiger partial charge in [-0.2, -0.15) is 17.0 Å². The molecule has 0 aromatic carbocycles. The first-order valence-corrected chi connectivity index (χ1v) is 7.85. The molecule has 1 aliphatic rings. The van der Waals surface area contributed by atoms with Gasteiger partial charge in [0.15, 0.2) is 0 Å². The number of rotatable bonds is 6. The fraction of sp³-hybridized carbons (Fsp3) is 0.909. The molecule has 1 heterocycles. The topological polar surface area (TPSA) is 81.2 Å². The van der Waals surface area contributed by atoms with Crippen LogP contribution >= 0.6 is 0 Å². The molecule has 0 bridgehead atoms. The number of piperazine rings is 1. The van der Waals surface area contributed by atoms with Crippen LogP contribution in [0.2, 0.25) is 0 Å². The molecule has 0 radical (unpaired) electrons. The van der Waals surface area contributed by atoms with Crippen LogP contribution in [0.4, 0.5) is 0 Å². The summed E-state index contributed by atoms with van der Waals surface area (Å²) in [5.74, 6) is 0.0374. The quantitative estimate of drug-likeness (QED) is 0.644. The van der Waals surface area contributed by atoms with Gasteiger partial charge in [0.1, 0.15) is 0 Å². The second-order valence-corrected chi connectivity index (χ2v) is 6.89. The normalized spacial score (nSPS) is 18.0. The number of hydrogen-bond donors (Lipinski definition) is 1. The number of aliphatic hydroxyl groups excluding tert-OH is 1. The van der Waals surface area contributed by atoms with Crippen molar-refractivity contribution in [2.45, 2.75) is 19.3 Å². The van der Waals surface area contributed by atoms with E-state index in [4.69, 9.17) is 5.11 Å². The summed E-state index contributed by atoms with van der Waals surface area (Å²) in [5.41, 5.74) is 0. The number of carbonyl (C=O) groups excluding carboxylic acids is 1. The monoisotopic (exact) mass is 293 g/mol. The van der Waals surface area contributed by atoms with Gasteiger partial charge in [-0.1, -0.05) is 0 Å². The van der Waals surface area contributed by atoms with Crippen LogP contribution in [0.3, 0.4) is 0 Å². The highest BCUT2D eigenvalue weighted by Gasteiger charge is 2.29. The van der Waals surface area contributed by atoms with E-state index < -0.39 is 10.2 Å². The molecule has 0 spiro atoms. The first kappa shape index (κ1) is 16.4. The number of amides is 1. The van der Waals surface area contributed by atoms with Crippen LogP contribution in [0.15, 0.2) is 0 Å². The molecule has 1 fully saturated rings. The maximum absolute atomic E-state index is 11.9. The van der Waals surface area contributed by atoms with Gasteiger partial charge < -0.3 is 10.0 Å². The Hall–Kier alpha value is -0.700. The van der Waals surface area contributed by atoms with E-state index in [1.54, 1.807) is 4.90 Å². The molecule has 0 aliphatic carbocycles. The third kappa shape index (κ3) is 4.41. The maximum Gasteiger partial charge on any atom is 0.281 e. The Morgan fingerprint density at radius 2 is 1.74 bits per heavy atom. The minimum atomic E-state index is -3.37. The molecule has 0 unspecified atom stereocenters. The molecular formula is C11H23N3O4S. The smallest absolute Gasteiger partial charge is 0.281 e. The fourth-order valence-electron chi connectivity index (χ4n) is 1.95. The summed E-state index contributed by atoms with van der Waals surface area (Å²) in [6, 6.07) is 0. The van der Waals surface area contributed by atoms with Gasteiger partial charge in [0.05, 0.1) is 0 Å². The van der Waals surface area contributed by atoms with E-state index in [2.05, 4.69) is 0 Å². The van der Waals surface area contributed by atoms with Crippen molar-refractivity contribution in [2.24, 2.45) is 0 Å². The highest BCUT2D eigenvalue weighted by molar-refractivity contribution is 7.86. The predicted molar refractivity (Wildman–Crippen MR) is 71.7 cm³/mol. The third-order valence-corrected chi connectivity index (χ3v) is 5.12. The molecule has 0 aromatic heterocycles. The van der Waals surface area contributed by atoms with Gasteiger partial charge in [-0.3, -0.25) is 4.79 Å². The highest BCUT2D eigenvalue weighted by Crippen LogP contribution is 2.11. The SMILES string of the molecule is CN(C)S(=O)(=O)N1CCN(C(=O)CCCCO)CC1. The Labute approximate surface area is 115 Å². The summed E-state index contributed by atoms with van der Waals surface area (Å²) in [6.07, 6.45) is 1.72. The average molecular weight is 293 g/mol. The largest absolute Gasteiger partial charge is 0.396 e. The molecule has 0 aromatic rings. The predicted octanol–water partition coefficient (Wildman–Crippen LogP) is -0.900. The van der Waals surface area contributed by atoms with Crippen LogP contribution in [0.25, 0.3) is 0 Å². The maximum atomic E-state index is 11.9. The number of aliphatic hydroxyl groups is 1. The van der Waals surface area contributed by atoms with Gasteiger partial charge in [0, 0.05) is 53.3 Å². The first-order chi connectivity index (χ1) is 8.89. The highest BCUT2D eigenvalue weighted by atomic mass is 32.2. The average Bonchev–Trinajstić information content (AvgIpc) is 2.39. The zero-order valence-electron chi connectivity index (χ0n) is 11.6. The second-order valence-electron chi connectivity index (χ2n) is 4.75. The van der Waals surface area contributed by atoms with Crippen LogP contribution in [0, 0.1) is 0 Å². The van der Waals surface area contributed by atoms with Crippen LogP contribution in [0.5, 0.6) is 0 Å². The lowest BCUT2D eigenvalue weighted by Gasteiger charge is -2.35. The molecule has 112 valence electrons. The third-order valence-electron chi connectivity index (χ3n) is 3.18. The lowest BCUT2D eigenvalue weighted by atomic mass is 10.2. The molecule has 7 nitrogen and oxygen atoms in total. The Bertz CT molecular complexity index is 389. The van der Waals surface area contributed by atoms with E-state index >= 15 is 0 Å². The van der Waals surface area contributed by atoms with E-state index in [0.717, 1.165) is 0 Å². The van der Waals surface area contributed by atoms with Gasteiger partial charge >= 0.3 is 0 Å². The Morgan fingerprint density at radius 3 is 2.21 bits per heavy atom. The van der Waals surface area contributed by atoms with Crippen molar-refractivity contribution in [3.63, 3.8) is 0 Å². The van der Waals surface area contributed by atoms with Gasteiger partial charge in [0.25, 0.3) is 10.2 Å². The van der Waals surface area contributed by atoms with Crippen molar-refractivity contribution >= 4 is 16.1 Å². The molecule has 0 atom stereocenters. The summed E-state index contributed by atoms with van der Waals surface area (Å²) < 4.78 is 26.4. The minimum absolute atomic E-state index is 0.0374. The summed E-state index contributed by atoms with van der Waals surface area (Å²) in [6.45, 7) is 1.65. The molecule has 0 saturated carbocycles. The van der Waals surface area contributed by atoms with Crippen molar-refractivity contribution in [1.82, 2.24) is 13.5 Å². The van der Waals surface area contributed by atoms with Crippen LogP contribution < -0.4 is 0 Å². The number of nitrogens with zero attached hydrogens (tertiary/aromatic N) is 3. The van der Waals surface area contributed by atoms with E-state index in [0.29, 0.717) is 45.4 Å². The molecule has 19 heavy (non-hydrogen) atoms. The van der Waals surface area contributed by atoms with Gasteiger partial charge in [-0.15, -0.1) is 0 Å². The molecule has 1 saturated heterocycles. The van der Waals surface area contributed by atoms with Crippen molar-refractivity contribution in [3.8, 4) is 0 Å². The standard InChI is InChI=1S/C11H23N3O4S/c1-12(2)19(17,18)14-8-6-13(7-9-14)11(16)5-3-4-10-15/h15H,3-10H2,1-2H3. The second kappa shape index (κ2) is 7.18. The van der Waals surface area contributed by atoms with Crippen LogP contribution in [-0.2, 0) is 15.0 Å². The zero-order valence-corrected chi connectivity index (χ0v) is 12.4. The summed E-state index contributed by atoms with van der Waals surface area (Å²) >= 11 is 0. The summed E-state index contributed by atoms with van der Waals surface area (Å²) in [7, 11) is -0.371. The van der Waals surface area contributed by atoms with Gasteiger partial charge in [-0.25, -0.2) is 0 Å². The number of unbranched alkanes of at least 4 members (excludes halogenated alkanes) is 1. The van der Waals surface area contributed by atoms with Crippen molar-refractivity contribution in [1.29, 1.82) is 0 Å². The van der Waals surface area contributed by atoms with Crippen molar-refractivity contribution in [2.75, 3.05) is 46.9 Å². The molecule has 1 rings (SSSR count). The van der Waals surface area contributed by atoms with Gasteiger partial charge in [-0.05, 0) is 12.8 Å². The van der Waals surface area contributed by atoms with Gasteiger partial charge in [0.2, 0.25) is 5.91 Å². The van der Waals surface area contributed by atoms with E-state index in [-0.39, 0.29) is 12.5 Å². The van der Waals surface area contributed by atoms with E-state index in [1.807, 2.05) is 0 Å².